The van der Waals surface area contributed by atoms with Gasteiger partial charge in [0, 0.05) is 0 Å². The first-order valence-electron chi connectivity index (χ1n) is 12.6. The molecule has 0 heterocycles. The Morgan fingerprint density at radius 1 is 0.600 bits per heavy atom. The van der Waals surface area contributed by atoms with Gasteiger partial charge in [-0.1, -0.05) is 129 Å². The summed E-state index contributed by atoms with van der Waals surface area (Å²) in [4.78, 5) is 0. The number of rotatable bonds is 22. The Kier molecular flexibility index (Phi) is 25.4. The fourth-order valence-electron chi connectivity index (χ4n) is 4.04. The summed E-state index contributed by atoms with van der Waals surface area (Å²) in [6.07, 6.45) is 20.7. The average Bonchev–Trinajstić information content (AvgIpc) is 2.67. The van der Waals surface area contributed by atoms with Gasteiger partial charge in [-0.2, -0.15) is 0 Å². The fourth-order valence-corrected chi connectivity index (χ4v) is 5.01. The summed E-state index contributed by atoms with van der Waals surface area (Å²) in [6.45, 7) is 4.43. The van der Waals surface area contributed by atoms with Crippen LogP contribution in [0.4, 0.5) is 0 Å². The largest absolute Gasteiger partial charge is 1.00 e. The molecule has 0 bridgehead atoms. The van der Waals surface area contributed by atoms with E-state index < -0.39 is 21.5 Å². The van der Waals surface area contributed by atoms with Crippen LogP contribution in [0.2, 0.25) is 0 Å². The second-order valence-electron chi connectivity index (χ2n) is 8.83. The first kappa shape index (κ1) is 33.0. The van der Waals surface area contributed by atoms with Crippen LogP contribution in [0.3, 0.4) is 0 Å². The van der Waals surface area contributed by atoms with Crippen LogP contribution >= 0.6 is 0 Å². The fraction of sp³-hybridized carbons (Fsp3) is 1.00. The summed E-state index contributed by atoms with van der Waals surface area (Å²) >= 11 is 0. The van der Waals surface area contributed by atoms with E-state index in [4.69, 9.17) is 0 Å². The first-order chi connectivity index (χ1) is 13.9. The minimum atomic E-state index is -4.43. The Morgan fingerprint density at radius 3 is 1.23 bits per heavy atom. The van der Waals surface area contributed by atoms with Gasteiger partial charge in [0.1, 0.15) is 10.1 Å². The van der Waals surface area contributed by atoms with Gasteiger partial charge in [0.2, 0.25) is 0 Å². The molecule has 0 amide bonds. The van der Waals surface area contributed by atoms with Crippen LogP contribution in [-0.4, -0.2) is 29.4 Å². The van der Waals surface area contributed by atoms with Gasteiger partial charge in [0.25, 0.3) is 0 Å². The van der Waals surface area contributed by atoms with E-state index in [1.165, 1.54) is 77.0 Å². The predicted octanol–water partition coefficient (Wildman–Crippen LogP) is 4.11. The van der Waals surface area contributed by atoms with E-state index in [1.807, 2.05) is 0 Å². The first-order valence-corrected chi connectivity index (χ1v) is 14.0. The molecule has 0 aromatic rings. The molecule has 0 aromatic carbocycles. The van der Waals surface area contributed by atoms with Gasteiger partial charge in [-0.05, 0) is 12.8 Å². The number of hydrogen-bond acceptors (Lipinski definition) is 4. The molecular weight excluding hydrogens is 407 g/mol. The van der Waals surface area contributed by atoms with Crippen LogP contribution in [0.15, 0.2) is 0 Å². The molecule has 0 rings (SSSR count). The molecule has 0 aromatic heterocycles. The van der Waals surface area contributed by atoms with Gasteiger partial charge in [-0.3, -0.25) is 0 Å². The monoisotopic (exact) mass is 456 g/mol. The van der Waals surface area contributed by atoms with E-state index >= 15 is 0 Å². The van der Waals surface area contributed by atoms with Gasteiger partial charge >= 0.3 is 29.6 Å². The zero-order chi connectivity index (χ0) is 21.8. The van der Waals surface area contributed by atoms with E-state index in [0.29, 0.717) is 12.8 Å². The van der Waals surface area contributed by atoms with Crippen LogP contribution in [-0.2, 0) is 10.1 Å². The standard InChI is InChI=1S/C24H50O4S.Na/c1-3-5-7-9-11-13-15-17-19-21-23(25)24(29(26,27)28)22-20-18-16-14-12-10-8-6-4-2;/h23-25H,3-22H2,1-2H3,(H,26,27,28);/q;+1/p-1. The van der Waals surface area contributed by atoms with Crippen molar-refractivity contribution in [1.82, 2.24) is 0 Å². The number of hydrogen-bond donors (Lipinski definition) is 1. The molecule has 0 saturated carbocycles. The van der Waals surface area contributed by atoms with Crippen LogP contribution < -0.4 is 29.6 Å². The van der Waals surface area contributed by atoms with Crippen molar-refractivity contribution in [3.63, 3.8) is 0 Å². The number of unbranched alkanes of at least 4 members (excludes halogenated alkanes) is 16. The van der Waals surface area contributed by atoms with Crippen LogP contribution in [0, 0.1) is 0 Å². The molecule has 4 nitrogen and oxygen atoms in total. The Hall–Kier alpha value is 0.870. The molecule has 0 spiro atoms. The molecular formula is C24H49NaO4S. The summed E-state index contributed by atoms with van der Waals surface area (Å²) in [5, 5.41) is 9.16. The smallest absolute Gasteiger partial charge is 0.748 e. The van der Waals surface area contributed by atoms with Gasteiger partial charge in [-0.15, -0.1) is 0 Å². The van der Waals surface area contributed by atoms with Crippen molar-refractivity contribution < 1.29 is 47.6 Å². The Balaban J connectivity index is 0. The maximum Gasteiger partial charge on any atom is 1.00 e. The summed E-state index contributed by atoms with van der Waals surface area (Å²) in [5.41, 5.74) is 0. The molecule has 176 valence electrons. The van der Waals surface area contributed by atoms with Crippen molar-refractivity contribution in [1.29, 1.82) is 0 Å². The molecule has 6 heteroatoms. The summed E-state index contributed by atoms with van der Waals surface area (Å²) in [7, 11) is -4.43. The third-order valence-corrected chi connectivity index (χ3v) is 7.29. The minimum Gasteiger partial charge on any atom is -0.748 e. The van der Waals surface area contributed by atoms with Crippen LogP contribution in [0.1, 0.15) is 142 Å². The molecule has 0 aliphatic carbocycles. The van der Waals surface area contributed by atoms with E-state index in [9.17, 15) is 18.1 Å². The van der Waals surface area contributed by atoms with E-state index in [1.54, 1.807) is 0 Å². The maximum absolute atomic E-state index is 11.6. The Labute approximate surface area is 210 Å². The predicted molar refractivity (Wildman–Crippen MR) is 123 cm³/mol. The minimum absolute atomic E-state index is 0. The molecule has 30 heavy (non-hydrogen) atoms. The quantitative estimate of drug-likeness (QED) is 0.151. The molecule has 2 unspecified atom stereocenters. The Morgan fingerprint density at radius 2 is 0.900 bits per heavy atom. The second kappa shape index (κ2) is 23.0. The van der Waals surface area contributed by atoms with E-state index in [0.717, 1.165) is 38.5 Å². The average molecular weight is 457 g/mol. The second-order valence-corrected chi connectivity index (χ2v) is 10.4. The van der Waals surface area contributed by atoms with E-state index in [-0.39, 0.29) is 29.6 Å². The molecule has 1 N–H and O–H groups in total. The van der Waals surface area contributed by atoms with Gasteiger partial charge < -0.3 is 9.66 Å². The van der Waals surface area contributed by atoms with Crippen molar-refractivity contribution >= 4 is 10.1 Å². The van der Waals surface area contributed by atoms with Gasteiger partial charge in [0.05, 0.1) is 11.4 Å². The third-order valence-electron chi connectivity index (χ3n) is 6.00. The zero-order valence-corrected chi connectivity index (χ0v) is 23.2. The van der Waals surface area contributed by atoms with E-state index in [2.05, 4.69) is 13.8 Å². The maximum atomic E-state index is 11.6. The van der Waals surface area contributed by atoms with Crippen molar-refractivity contribution in [2.45, 2.75) is 154 Å². The molecule has 0 fully saturated rings. The van der Waals surface area contributed by atoms with Crippen molar-refractivity contribution in [2.24, 2.45) is 0 Å². The van der Waals surface area contributed by atoms with Crippen LogP contribution in [0.25, 0.3) is 0 Å². The van der Waals surface area contributed by atoms with Gasteiger partial charge in [0.15, 0.2) is 0 Å². The number of aliphatic hydroxyl groups excluding tert-OH is 1. The molecule has 0 aliphatic rings. The topological polar surface area (TPSA) is 77.4 Å². The Bertz CT molecular complexity index is 442. The number of aliphatic hydroxyl groups is 1. The normalized spacial score (nSPS) is 13.7. The van der Waals surface area contributed by atoms with Crippen molar-refractivity contribution in [3.05, 3.63) is 0 Å². The summed E-state index contributed by atoms with van der Waals surface area (Å²) in [5.74, 6) is 0. The molecule has 0 aliphatic heterocycles. The SMILES string of the molecule is CCCCCCCCCCCC(O)C(CCCCCCCCCCC)S(=O)(=O)[O-].[Na+]. The molecule has 0 saturated heterocycles. The molecule has 0 radical (unpaired) electrons. The van der Waals surface area contributed by atoms with Gasteiger partial charge in [-0.25, -0.2) is 8.42 Å². The summed E-state index contributed by atoms with van der Waals surface area (Å²) < 4.78 is 34.8. The summed E-state index contributed by atoms with van der Waals surface area (Å²) in [6, 6.07) is 0. The molecule has 2 atom stereocenters. The van der Waals surface area contributed by atoms with Crippen molar-refractivity contribution in [3.8, 4) is 0 Å². The zero-order valence-electron chi connectivity index (χ0n) is 20.4. The van der Waals surface area contributed by atoms with Crippen LogP contribution in [0.5, 0.6) is 0 Å². The third kappa shape index (κ3) is 20.8. The van der Waals surface area contributed by atoms with Crippen molar-refractivity contribution in [2.75, 3.05) is 0 Å².